The maximum absolute atomic E-state index is 5.52. The fourth-order valence-corrected chi connectivity index (χ4v) is 1.95. The van der Waals surface area contributed by atoms with Crippen LogP contribution >= 0.6 is 0 Å². The zero-order valence-corrected chi connectivity index (χ0v) is 11.6. The molecule has 2 unspecified atom stereocenters. The Hall–Kier alpha value is -0.830. The fourth-order valence-electron chi connectivity index (χ4n) is 1.95. The molecule has 0 fully saturated rings. The van der Waals surface area contributed by atoms with Gasteiger partial charge in [-0.2, -0.15) is 0 Å². The molecule has 0 aliphatic heterocycles. The first kappa shape index (κ1) is 14.2. The Balaban J connectivity index is 2.33. The van der Waals surface area contributed by atoms with Gasteiger partial charge in [0.2, 0.25) is 5.89 Å². The third kappa shape index (κ3) is 4.90. The molecular formula is C14H26N2O. The third-order valence-corrected chi connectivity index (χ3v) is 3.27. The van der Waals surface area contributed by atoms with E-state index < -0.39 is 0 Å². The van der Waals surface area contributed by atoms with Gasteiger partial charge in [0.05, 0.1) is 12.2 Å². The van der Waals surface area contributed by atoms with Gasteiger partial charge in [0.1, 0.15) is 5.76 Å². The van der Waals surface area contributed by atoms with Crippen molar-refractivity contribution in [2.45, 2.75) is 59.4 Å². The van der Waals surface area contributed by atoms with E-state index in [1.807, 2.05) is 6.92 Å². The van der Waals surface area contributed by atoms with E-state index in [2.05, 4.69) is 31.1 Å². The van der Waals surface area contributed by atoms with Crippen LogP contribution in [0.15, 0.2) is 10.6 Å². The Morgan fingerprint density at radius 3 is 2.71 bits per heavy atom. The van der Waals surface area contributed by atoms with Crippen LogP contribution in [-0.2, 0) is 0 Å². The summed E-state index contributed by atoms with van der Waals surface area (Å²) in [5.74, 6) is 2.45. The molecule has 0 bridgehead atoms. The van der Waals surface area contributed by atoms with Crippen LogP contribution in [0.25, 0.3) is 0 Å². The summed E-state index contributed by atoms with van der Waals surface area (Å²) in [4.78, 5) is 4.25. The minimum Gasteiger partial charge on any atom is -0.444 e. The van der Waals surface area contributed by atoms with Gasteiger partial charge < -0.3 is 9.73 Å². The van der Waals surface area contributed by atoms with E-state index in [9.17, 15) is 0 Å². The minimum absolute atomic E-state index is 0.208. The van der Waals surface area contributed by atoms with Crippen molar-refractivity contribution >= 4 is 0 Å². The second kappa shape index (κ2) is 7.49. The average molecular weight is 238 g/mol. The Bertz CT molecular complexity index is 309. The molecule has 3 heteroatoms. The molecular weight excluding hydrogens is 212 g/mol. The summed E-state index contributed by atoms with van der Waals surface area (Å²) in [7, 11) is 0. The van der Waals surface area contributed by atoms with Gasteiger partial charge in [-0.05, 0) is 32.7 Å². The summed E-state index contributed by atoms with van der Waals surface area (Å²) < 4.78 is 5.52. The van der Waals surface area contributed by atoms with Crippen molar-refractivity contribution in [3.05, 3.63) is 17.8 Å². The highest BCUT2D eigenvalue weighted by Crippen LogP contribution is 2.15. The normalized spacial score (nSPS) is 14.8. The number of unbranched alkanes of at least 4 members (excludes halogenated alkanes) is 1. The lowest BCUT2D eigenvalue weighted by Gasteiger charge is -2.17. The van der Waals surface area contributed by atoms with Gasteiger partial charge >= 0.3 is 0 Å². The molecule has 1 N–H and O–H groups in total. The lowest BCUT2D eigenvalue weighted by atomic mass is 9.99. The second-order valence-electron chi connectivity index (χ2n) is 4.86. The predicted octanol–water partition coefficient (Wildman–Crippen LogP) is 3.85. The molecule has 0 saturated heterocycles. The molecule has 0 spiro atoms. The van der Waals surface area contributed by atoms with Crippen molar-refractivity contribution in [3.63, 3.8) is 0 Å². The summed E-state index contributed by atoms with van der Waals surface area (Å²) in [6.45, 7) is 9.61. The summed E-state index contributed by atoms with van der Waals surface area (Å²) in [6, 6.07) is 0.208. The predicted molar refractivity (Wildman–Crippen MR) is 71.0 cm³/mol. The van der Waals surface area contributed by atoms with E-state index in [4.69, 9.17) is 4.42 Å². The zero-order chi connectivity index (χ0) is 12.7. The van der Waals surface area contributed by atoms with Gasteiger partial charge in [-0.15, -0.1) is 0 Å². The number of aryl methyl sites for hydroxylation is 1. The third-order valence-electron chi connectivity index (χ3n) is 3.27. The molecule has 1 heterocycles. The molecule has 17 heavy (non-hydrogen) atoms. The summed E-state index contributed by atoms with van der Waals surface area (Å²) in [5.41, 5.74) is 0. The quantitative estimate of drug-likeness (QED) is 0.747. The lowest BCUT2D eigenvalue weighted by molar-refractivity contribution is 0.357. The zero-order valence-electron chi connectivity index (χ0n) is 11.6. The van der Waals surface area contributed by atoms with Crippen molar-refractivity contribution in [1.29, 1.82) is 0 Å². The van der Waals surface area contributed by atoms with Gasteiger partial charge in [0, 0.05) is 0 Å². The van der Waals surface area contributed by atoms with Crippen molar-refractivity contribution in [3.8, 4) is 0 Å². The number of hydrogen-bond donors (Lipinski definition) is 1. The Kier molecular flexibility index (Phi) is 6.27. The number of oxazole rings is 1. The van der Waals surface area contributed by atoms with Crippen LogP contribution < -0.4 is 5.32 Å². The van der Waals surface area contributed by atoms with E-state index >= 15 is 0 Å². The molecule has 0 amide bonds. The van der Waals surface area contributed by atoms with Crippen LogP contribution in [0, 0.1) is 12.8 Å². The van der Waals surface area contributed by atoms with Crippen molar-refractivity contribution in [1.82, 2.24) is 10.3 Å². The standard InChI is InChI=1S/C14H26N2O/c1-5-7-8-13(6-2)10-15-12(4)14-16-9-11(3)17-14/h9,12-13,15H,5-8,10H2,1-4H3. The maximum Gasteiger partial charge on any atom is 0.211 e. The summed E-state index contributed by atoms with van der Waals surface area (Å²) in [6.07, 6.45) is 6.95. The molecule has 0 aromatic carbocycles. The van der Waals surface area contributed by atoms with E-state index in [-0.39, 0.29) is 6.04 Å². The number of nitrogens with zero attached hydrogens (tertiary/aromatic N) is 1. The van der Waals surface area contributed by atoms with E-state index in [1.54, 1.807) is 6.20 Å². The van der Waals surface area contributed by atoms with Gasteiger partial charge in [-0.1, -0.05) is 33.1 Å². The van der Waals surface area contributed by atoms with E-state index in [0.29, 0.717) is 0 Å². The summed E-state index contributed by atoms with van der Waals surface area (Å²) in [5, 5.41) is 3.52. The Morgan fingerprint density at radius 1 is 1.41 bits per heavy atom. The molecule has 0 aliphatic rings. The van der Waals surface area contributed by atoms with E-state index in [1.165, 1.54) is 25.7 Å². The number of aromatic nitrogens is 1. The van der Waals surface area contributed by atoms with Crippen molar-refractivity contribution < 1.29 is 4.42 Å². The van der Waals surface area contributed by atoms with E-state index in [0.717, 1.165) is 24.1 Å². The van der Waals surface area contributed by atoms with Crippen LogP contribution in [0.1, 0.15) is 64.1 Å². The van der Waals surface area contributed by atoms with Crippen LogP contribution in [0.3, 0.4) is 0 Å². The molecule has 1 aromatic rings. The first-order valence-corrected chi connectivity index (χ1v) is 6.83. The highest BCUT2D eigenvalue weighted by Gasteiger charge is 2.13. The largest absolute Gasteiger partial charge is 0.444 e. The lowest BCUT2D eigenvalue weighted by Crippen LogP contribution is -2.25. The van der Waals surface area contributed by atoms with Gasteiger partial charge in [-0.3, -0.25) is 0 Å². The molecule has 1 rings (SSSR count). The molecule has 3 nitrogen and oxygen atoms in total. The smallest absolute Gasteiger partial charge is 0.211 e. The molecule has 0 saturated carbocycles. The Labute approximate surface area is 105 Å². The van der Waals surface area contributed by atoms with Gasteiger partial charge in [0.25, 0.3) is 0 Å². The topological polar surface area (TPSA) is 38.1 Å². The highest BCUT2D eigenvalue weighted by atomic mass is 16.4. The van der Waals surface area contributed by atoms with Crippen LogP contribution in [0.5, 0.6) is 0 Å². The van der Waals surface area contributed by atoms with Gasteiger partial charge in [0.15, 0.2) is 0 Å². The molecule has 1 aromatic heterocycles. The first-order valence-electron chi connectivity index (χ1n) is 6.83. The van der Waals surface area contributed by atoms with Crippen LogP contribution in [0.4, 0.5) is 0 Å². The van der Waals surface area contributed by atoms with Gasteiger partial charge in [-0.25, -0.2) is 4.98 Å². The average Bonchev–Trinajstić information content (AvgIpc) is 2.76. The minimum atomic E-state index is 0.208. The highest BCUT2D eigenvalue weighted by molar-refractivity contribution is 4.94. The van der Waals surface area contributed by atoms with Crippen molar-refractivity contribution in [2.24, 2.45) is 5.92 Å². The van der Waals surface area contributed by atoms with Crippen molar-refractivity contribution in [2.75, 3.05) is 6.54 Å². The Morgan fingerprint density at radius 2 is 2.18 bits per heavy atom. The summed E-state index contributed by atoms with van der Waals surface area (Å²) >= 11 is 0. The number of hydrogen-bond acceptors (Lipinski definition) is 3. The maximum atomic E-state index is 5.52. The monoisotopic (exact) mass is 238 g/mol. The van der Waals surface area contributed by atoms with Crippen LogP contribution in [-0.4, -0.2) is 11.5 Å². The SMILES string of the molecule is CCCCC(CC)CNC(C)c1ncc(C)o1. The molecule has 0 radical (unpaired) electrons. The number of rotatable bonds is 8. The van der Waals surface area contributed by atoms with Crippen LogP contribution in [0.2, 0.25) is 0 Å². The molecule has 2 atom stereocenters. The molecule has 0 aliphatic carbocycles. The fraction of sp³-hybridized carbons (Fsp3) is 0.786. The number of nitrogens with one attached hydrogen (secondary N) is 1. The molecule has 98 valence electrons. The first-order chi connectivity index (χ1) is 8.17. The second-order valence-corrected chi connectivity index (χ2v) is 4.86.